The molecule has 5 rings (SSSR count). The molecular weight excluding hydrogens is 432 g/mol. The van der Waals surface area contributed by atoms with Crippen molar-refractivity contribution in [1.29, 1.82) is 0 Å². The van der Waals surface area contributed by atoms with Gasteiger partial charge in [-0.05, 0) is 55.0 Å². The maximum absolute atomic E-state index is 12.9. The van der Waals surface area contributed by atoms with Crippen LogP contribution in [0.4, 0.5) is 5.69 Å². The highest BCUT2D eigenvalue weighted by molar-refractivity contribution is 7.21. The topological polar surface area (TPSA) is 69.0 Å². The number of nitrogens with one attached hydrogen (secondary N) is 1. The van der Waals surface area contributed by atoms with Gasteiger partial charge in [0.15, 0.2) is 0 Å². The molecule has 0 radical (unpaired) electrons. The Morgan fingerprint density at radius 1 is 1.06 bits per heavy atom. The summed E-state index contributed by atoms with van der Waals surface area (Å²) in [6, 6.07) is 18.9. The number of hydrogen-bond donors (Lipinski definition) is 1. The third kappa shape index (κ3) is 3.52. The number of carbonyl (C=O) groups excluding carboxylic acids is 1. The standard InChI is InChI=1S/C23H17ClN4O2S/c1-13-11-18-19(27-28(26-18)14-7-9-15(30-2)10-8-14)12-17(13)25-23(29)22-21(24)16-5-3-4-6-20(16)31-22/h3-12H,1-2H3,(H,25,29). The Hall–Kier alpha value is -3.42. The normalized spacial score (nSPS) is 11.2. The van der Waals surface area contributed by atoms with Crippen LogP contribution in [0.5, 0.6) is 5.75 Å². The van der Waals surface area contributed by atoms with Crippen LogP contribution in [0, 0.1) is 6.92 Å². The summed E-state index contributed by atoms with van der Waals surface area (Å²) in [5, 5.41) is 13.5. The fourth-order valence-corrected chi connectivity index (χ4v) is 4.78. The van der Waals surface area contributed by atoms with Crippen molar-refractivity contribution >= 4 is 55.7 Å². The second-order valence-electron chi connectivity index (χ2n) is 7.04. The van der Waals surface area contributed by atoms with E-state index < -0.39 is 0 Å². The van der Waals surface area contributed by atoms with Crippen LogP contribution >= 0.6 is 22.9 Å². The Bertz CT molecular complexity index is 1440. The molecule has 0 saturated carbocycles. The van der Waals surface area contributed by atoms with Crippen molar-refractivity contribution in [2.75, 3.05) is 12.4 Å². The molecule has 2 heterocycles. The van der Waals surface area contributed by atoms with Crippen LogP contribution in [-0.4, -0.2) is 28.0 Å². The van der Waals surface area contributed by atoms with E-state index in [4.69, 9.17) is 16.3 Å². The van der Waals surface area contributed by atoms with Crippen LogP contribution in [0.2, 0.25) is 5.02 Å². The van der Waals surface area contributed by atoms with Crippen LogP contribution in [0.25, 0.3) is 26.8 Å². The van der Waals surface area contributed by atoms with E-state index in [0.717, 1.165) is 32.6 Å². The number of halogens is 1. The number of anilines is 1. The summed E-state index contributed by atoms with van der Waals surface area (Å²) in [6.45, 7) is 1.92. The summed E-state index contributed by atoms with van der Waals surface area (Å²) < 4.78 is 6.18. The first-order valence-corrected chi connectivity index (χ1v) is 10.7. The summed E-state index contributed by atoms with van der Waals surface area (Å²) in [4.78, 5) is 15.0. The van der Waals surface area contributed by atoms with Crippen LogP contribution < -0.4 is 10.1 Å². The number of methoxy groups -OCH3 is 1. The minimum atomic E-state index is -0.240. The zero-order chi connectivity index (χ0) is 21.5. The molecule has 2 aromatic heterocycles. The van der Waals surface area contributed by atoms with Gasteiger partial charge >= 0.3 is 0 Å². The number of rotatable bonds is 4. The highest BCUT2D eigenvalue weighted by Gasteiger charge is 2.18. The number of aromatic nitrogens is 3. The molecule has 6 nitrogen and oxygen atoms in total. The molecule has 31 heavy (non-hydrogen) atoms. The van der Waals surface area contributed by atoms with Gasteiger partial charge in [-0.3, -0.25) is 4.79 Å². The summed E-state index contributed by atoms with van der Waals surface area (Å²) in [7, 11) is 1.63. The monoisotopic (exact) mass is 448 g/mol. The lowest BCUT2D eigenvalue weighted by Gasteiger charge is -2.07. The van der Waals surface area contributed by atoms with Gasteiger partial charge < -0.3 is 10.1 Å². The summed E-state index contributed by atoms with van der Waals surface area (Å²) >= 11 is 7.84. The molecule has 0 atom stereocenters. The minimum absolute atomic E-state index is 0.240. The Morgan fingerprint density at radius 2 is 1.77 bits per heavy atom. The number of carbonyl (C=O) groups is 1. The number of nitrogens with zero attached hydrogens (tertiary/aromatic N) is 3. The lowest BCUT2D eigenvalue weighted by molar-refractivity contribution is 0.103. The van der Waals surface area contributed by atoms with E-state index in [0.29, 0.717) is 21.1 Å². The molecule has 0 fully saturated rings. The van der Waals surface area contributed by atoms with Crippen molar-refractivity contribution in [3.05, 3.63) is 76.1 Å². The predicted molar refractivity (Wildman–Crippen MR) is 125 cm³/mol. The van der Waals surface area contributed by atoms with E-state index in [1.54, 1.807) is 11.9 Å². The molecule has 3 aromatic carbocycles. The van der Waals surface area contributed by atoms with Crippen molar-refractivity contribution in [2.45, 2.75) is 6.92 Å². The second-order valence-corrected chi connectivity index (χ2v) is 8.47. The first kappa shape index (κ1) is 19.5. The fourth-order valence-electron chi connectivity index (χ4n) is 3.37. The van der Waals surface area contributed by atoms with E-state index in [1.165, 1.54) is 11.3 Å². The summed E-state index contributed by atoms with van der Waals surface area (Å²) in [5.41, 5.74) is 3.80. The second kappa shape index (κ2) is 7.68. The number of thiophene rings is 1. The summed E-state index contributed by atoms with van der Waals surface area (Å²) in [6.07, 6.45) is 0. The van der Waals surface area contributed by atoms with Gasteiger partial charge in [0.1, 0.15) is 21.7 Å². The van der Waals surface area contributed by atoms with E-state index in [2.05, 4.69) is 15.5 Å². The average Bonchev–Trinajstić information content (AvgIpc) is 3.35. The molecule has 0 bridgehead atoms. The van der Waals surface area contributed by atoms with Gasteiger partial charge in [-0.25, -0.2) is 0 Å². The molecule has 0 aliphatic heterocycles. The van der Waals surface area contributed by atoms with Gasteiger partial charge in [-0.15, -0.1) is 21.5 Å². The van der Waals surface area contributed by atoms with E-state index in [1.807, 2.05) is 67.6 Å². The zero-order valence-electron chi connectivity index (χ0n) is 16.7. The molecule has 0 unspecified atom stereocenters. The molecule has 5 aromatic rings. The van der Waals surface area contributed by atoms with E-state index in [9.17, 15) is 4.79 Å². The molecule has 0 aliphatic carbocycles. The van der Waals surface area contributed by atoms with Gasteiger partial charge in [0.05, 0.1) is 17.8 Å². The van der Waals surface area contributed by atoms with Crippen LogP contribution in [0.1, 0.15) is 15.2 Å². The molecule has 0 spiro atoms. The smallest absolute Gasteiger partial charge is 0.267 e. The van der Waals surface area contributed by atoms with Crippen LogP contribution in [0.15, 0.2) is 60.7 Å². The third-order valence-corrected chi connectivity index (χ3v) is 6.69. The fraction of sp³-hybridized carbons (Fsp3) is 0.0870. The average molecular weight is 449 g/mol. The van der Waals surface area contributed by atoms with E-state index >= 15 is 0 Å². The first-order chi connectivity index (χ1) is 15.0. The maximum atomic E-state index is 12.9. The Labute approximate surface area is 187 Å². The van der Waals surface area contributed by atoms with Gasteiger partial charge in [-0.2, -0.15) is 4.80 Å². The Balaban J connectivity index is 1.47. The van der Waals surface area contributed by atoms with Gasteiger partial charge in [0.2, 0.25) is 0 Å². The first-order valence-electron chi connectivity index (χ1n) is 9.54. The number of aryl methyl sites for hydroxylation is 1. The van der Waals surface area contributed by atoms with Crippen molar-refractivity contribution in [1.82, 2.24) is 15.0 Å². The zero-order valence-corrected chi connectivity index (χ0v) is 18.3. The van der Waals surface area contributed by atoms with Gasteiger partial charge in [-0.1, -0.05) is 29.8 Å². The number of hydrogen-bond acceptors (Lipinski definition) is 5. The Kier molecular flexibility index (Phi) is 4.84. The largest absolute Gasteiger partial charge is 0.497 e. The number of fused-ring (bicyclic) bond motifs is 2. The summed E-state index contributed by atoms with van der Waals surface area (Å²) in [5.74, 6) is 0.525. The molecule has 1 N–H and O–H groups in total. The van der Waals surface area contributed by atoms with E-state index in [-0.39, 0.29) is 5.91 Å². The molecule has 0 saturated heterocycles. The molecule has 0 aliphatic rings. The van der Waals surface area contributed by atoms with Crippen LogP contribution in [0.3, 0.4) is 0 Å². The number of amides is 1. The molecule has 8 heteroatoms. The molecular formula is C23H17ClN4O2S. The molecule has 154 valence electrons. The quantitative estimate of drug-likeness (QED) is 0.374. The Morgan fingerprint density at radius 3 is 2.48 bits per heavy atom. The third-order valence-electron chi connectivity index (χ3n) is 5.02. The number of benzene rings is 3. The highest BCUT2D eigenvalue weighted by atomic mass is 35.5. The minimum Gasteiger partial charge on any atom is -0.497 e. The predicted octanol–water partition coefficient (Wildman–Crippen LogP) is 5.86. The van der Waals surface area contributed by atoms with Gasteiger partial charge in [0.25, 0.3) is 5.91 Å². The highest BCUT2D eigenvalue weighted by Crippen LogP contribution is 2.36. The SMILES string of the molecule is COc1ccc(-n2nc3cc(C)c(NC(=O)c4sc5ccccc5c4Cl)cc3n2)cc1. The number of ether oxygens (including phenoxy) is 1. The lowest BCUT2D eigenvalue weighted by Crippen LogP contribution is -2.11. The van der Waals surface area contributed by atoms with Crippen molar-refractivity contribution in [2.24, 2.45) is 0 Å². The van der Waals surface area contributed by atoms with Gasteiger partial charge in [0, 0.05) is 15.8 Å². The van der Waals surface area contributed by atoms with Crippen molar-refractivity contribution < 1.29 is 9.53 Å². The maximum Gasteiger partial charge on any atom is 0.267 e. The van der Waals surface area contributed by atoms with Crippen LogP contribution in [-0.2, 0) is 0 Å². The molecule has 1 amide bonds. The lowest BCUT2D eigenvalue weighted by atomic mass is 10.1. The van der Waals surface area contributed by atoms with Crippen molar-refractivity contribution in [3.63, 3.8) is 0 Å². The van der Waals surface area contributed by atoms with Crippen molar-refractivity contribution in [3.8, 4) is 11.4 Å².